The largest absolute Gasteiger partial charge is 0.497 e. The Balaban J connectivity index is 2.28. The Labute approximate surface area is 108 Å². The Hall–Kier alpha value is -1.68. The first kappa shape index (κ1) is 11.8. The molecule has 0 fully saturated rings. The summed E-state index contributed by atoms with van der Waals surface area (Å²) in [5.74, 6) is 2.10. The number of ether oxygens (including phenoxy) is 2. The van der Waals surface area contributed by atoms with Crippen LogP contribution in [0.3, 0.4) is 0 Å². The molecule has 0 aliphatic rings. The number of nitrogens with two attached hydrogens (primary N) is 1. The maximum atomic E-state index is 5.81. The van der Waals surface area contributed by atoms with Crippen LogP contribution in [0, 0.1) is 0 Å². The van der Waals surface area contributed by atoms with E-state index in [0.717, 1.165) is 10.2 Å². The first-order valence-corrected chi connectivity index (χ1v) is 5.86. The summed E-state index contributed by atoms with van der Waals surface area (Å²) in [5, 5.41) is 0. The van der Waals surface area contributed by atoms with Crippen LogP contribution in [0.4, 0.5) is 5.69 Å². The molecule has 0 spiro atoms. The van der Waals surface area contributed by atoms with Gasteiger partial charge < -0.3 is 15.2 Å². The summed E-state index contributed by atoms with van der Waals surface area (Å²) in [7, 11) is 1.62. The Bertz CT molecular complexity index is 529. The lowest BCUT2D eigenvalue weighted by Gasteiger charge is -2.10. The van der Waals surface area contributed by atoms with Gasteiger partial charge >= 0.3 is 0 Å². The first-order chi connectivity index (χ1) is 8.20. The van der Waals surface area contributed by atoms with Crippen molar-refractivity contribution in [3.8, 4) is 17.2 Å². The van der Waals surface area contributed by atoms with Gasteiger partial charge in [0, 0.05) is 0 Å². The lowest BCUT2D eigenvalue weighted by molar-refractivity contribution is 0.412. The molecular weight excluding hydrogens is 282 g/mol. The molecule has 2 aromatic carbocycles. The highest BCUT2D eigenvalue weighted by Gasteiger charge is 2.06. The second-order valence-electron chi connectivity index (χ2n) is 3.44. The molecule has 2 N–H and O–H groups in total. The number of methoxy groups -OCH3 is 1. The minimum absolute atomic E-state index is 0.607. The van der Waals surface area contributed by atoms with Gasteiger partial charge in [0.1, 0.15) is 17.2 Å². The quantitative estimate of drug-likeness (QED) is 0.875. The summed E-state index contributed by atoms with van der Waals surface area (Å²) in [6.07, 6.45) is 0. The van der Waals surface area contributed by atoms with Crippen molar-refractivity contribution in [2.75, 3.05) is 12.8 Å². The predicted octanol–water partition coefficient (Wildman–Crippen LogP) is 3.83. The summed E-state index contributed by atoms with van der Waals surface area (Å²) in [5.41, 5.74) is 6.42. The third-order valence-corrected chi connectivity index (χ3v) is 2.90. The molecule has 0 aliphatic carbocycles. The SMILES string of the molecule is COc1ccc(Oc2ccccc2N)c(Br)c1. The van der Waals surface area contributed by atoms with Gasteiger partial charge in [0.2, 0.25) is 0 Å². The molecular formula is C13H12BrNO2. The smallest absolute Gasteiger partial charge is 0.150 e. The minimum atomic E-state index is 0.607. The molecule has 17 heavy (non-hydrogen) atoms. The van der Waals surface area contributed by atoms with Crippen molar-refractivity contribution in [2.45, 2.75) is 0 Å². The predicted molar refractivity (Wildman–Crippen MR) is 71.6 cm³/mol. The topological polar surface area (TPSA) is 44.5 Å². The molecule has 88 valence electrons. The molecule has 0 saturated carbocycles. The maximum absolute atomic E-state index is 5.81. The number of halogens is 1. The summed E-state index contributed by atoms with van der Waals surface area (Å²) >= 11 is 3.42. The van der Waals surface area contributed by atoms with E-state index in [0.29, 0.717) is 17.2 Å². The van der Waals surface area contributed by atoms with Gasteiger partial charge in [-0.25, -0.2) is 0 Å². The van der Waals surface area contributed by atoms with Crippen LogP contribution in [0.1, 0.15) is 0 Å². The minimum Gasteiger partial charge on any atom is -0.497 e. The molecule has 3 nitrogen and oxygen atoms in total. The average Bonchev–Trinajstić information content (AvgIpc) is 2.34. The van der Waals surface area contributed by atoms with Gasteiger partial charge in [0.05, 0.1) is 17.3 Å². The Morgan fingerprint density at radius 2 is 1.82 bits per heavy atom. The zero-order chi connectivity index (χ0) is 12.3. The van der Waals surface area contributed by atoms with E-state index in [2.05, 4.69) is 15.9 Å². The van der Waals surface area contributed by atoms with Crippen LogP contribution in [0.2, 0.25) is 0 Å². The van der Waals surface area contributed by atoms with Gasteiger partial charge in [-0.3, -0.25) is 0 Å². The third-order valence-electron chi connectivity index (χ3n) is 2.28. The van der Waals surface area contributed by atoms with Crippen molar-refractivity contribution < 1.29 is 9.47 Å². The number of benzene rings is 2. The molecule has 4 heteroatoms. The van der Waals surface area contributed by atoms with Gasteiger partial charge in [-0.2, -0.15) is 0 Å². The van der Waals surface area contributed by atoms with Crippen LogP contribution >= 0.6 is 15.9 Å². The number of hydrogen-bond donors (Lipinski definition) is 1. The number of nitrogen functional groups attached to an aromatic ring is 1. The Morgan fingerprint density at radius 1 is 1.06 bits per heavy atom. The highest BCUT2D eigenvalue weighted by Crippen LogP contribution is 2.34. The van der Waals surface area contributed by atoms with E-state index >= 15 is 0 Å². The van der Waals surface area contributed by atoms with Gasteiger partial charge in [0.25, 0.3) is 0 Å². The monoisotopic (exact) mass is 293 g/mol. The molecule has 0 radical (unpaired) electrons. The fourth-order valence-electron chi connectivity index (χ4n) is 1.38. The standard InChI is InChI=1S/C13H12BrNO2/c1-16-9-6-7-12(10(14)8-9)17-13-5-3-2-4-11(13)15/h2-8H,15H2,1H3. The van der Waals surface area contributed by atoms with E-state index in [9.17, 15) is 0 Å². The average molecular weight is 294 g/mol. The second-order valence-corrected chi connectivity index (χ2v) is 4.29. The van der Waals surface area contributed by atoms with Crippen LogP contribution in [0.15, 0.2) is 46.9 Å². The summed E-state index contributed by atoms with van der Waals surface area (Å²) in [4.78, 5) is 0. The summed E-state index contributed by atoms with van der Waals surface area (Å²) < 4.78 is 11.6. The van der Waals surface area contributed by atoms with E-state index in [-0.39, 0.29) is 0 Å². The van der Waals surface area contributed by atoms with Gasteiger partial charge in [0.15, 0.2) is 0 Å². The van der Waals surface area contributed by atoms with E-state index < -0.39 is 0 Å². The van der Waals surface area contributed by atoms with Gasteiger partial charge in [-0.05, 0) is 46.3 Å². The molecule has 2 rings (SSSR count). The maximum Gasteiger partial charge on any atom is 0.150 e. The molecule has 0 aliphatic heterocycles. The molecule has 0 amide bonds. The molecule has 0 unspecified atom stereocenters. The lowest BCUT2D eigenvalue weighted by Crippen LogP contribution is -1.92. The van der Waals surface area contributed by atoms with Crippen LogP contribution in [0.5, 0.6) is 17.2 Å². The van der Waals surface area contributed by atoms with Crippen molar-refractivity contribution in [2.24, 2.45) is 0 Å². The molecule has 2 aromatic rings. The molecule has 0 bridgehead atoms. The van der Waals surface area contributed by atoms with Crippen molar-refractivity contribution in [3.05, 3.63) is 46.9 Å². The Kier molecular flexibility index (Phi) is 3.54. The molecule has 0 heterocycles. The number of anilines is 1. The van der Waals surface area contributed by atoms with Crippen LogP contribution in [-0.2, 0) is 0 Å². The fraction of sp³-hybridized carbons (Fsp3) is 0.0769. The van der Waals surface area contributed by atoms with Crippen molar-refractivity contribution in [1.82, 2.24) is 0 Å². The zero-order valence-corrected chi connectivity index (χ0v) is 10.9. The highest BCUT2D eigenvalue weighted by molar-refractivity contribution is 9.10. The molecule has 0 saturated heterocycles. The van der Waals surface area contributed by atoms with E-state index in [4.69, 9.17) is 15.2 Å². The first-order valence-electron chi connectivity index (χ1n) is 5.06. The van der Waals surface area contributed by atoms with E-state index in [1.165, 1.54) is 0 Å². The van der Waals surface area contributed by atoms with Crippen molar-refractivity contribution in [1.29, 1.82) is 0 Å². The number of hydrogen-bond acceptors (Lipinski definition) is 3. The third kappa shape index (κ3) is 2.71. The van der Waals surface area contributed by atoms with Crippen LogP contribution in [-0.4, -0.2) is 7.11 Å². The fourth-order valence-corrected chi connectivity index (χ4v) is 1.82. The number of rotatable bonds is 3. The number of para-hydroxylation sites is 2. The van der Waals surface area contributed by atoms with Crippen molar-refractivity contribution >= 4 is 21.6 Å². The molecule has 0 atom stereocenters. The van der Waals surface area contributed by atoms with E-state index in [1.807, 2.05) is 36.4 Å². The summed E-state index contributed by atoms with van der Waals surface area (Å²) in [6, 6.07) is 12.9. The Morgan fingerprint density at radius 3 is 2.47 bits per heavy atom. The van der Waals surface area contributed by atoms with Gasteiger partial charge in [-0.1, -0.05) is 12.1 Å². The van der Waals surface area contributed by atoms with Crippen LogP contribution in [0.25, 0.3) is 0 Å². The van der Waals surface area contributed by atoms with Crippen molar-refractivity contribution in [3.63, 3.8) is 0 Å². The van der Waals surface area contributed by atoms with E-state index in [1.54, 1.807) is 13.2 Å². The zero-order valence-electron chi connectivity index (χ0n) is 9.31. The molecule has 0 aromatic heterocycles. The second kappa shape index (κ2) is 5.10. The highest BCUT2D eigenvalue weighted by atomic mass is 79.9. The summed E-state index contributed by atoms with van der Waals surface area (Å²) in [6.45, 7) is 0. The lowest BCUT2D eigenvalue weighted by atomic mass is 10.3. The van der Waals surface area contributed by atoms with Gasteiger partial charge in [-0.15, -0.1) is 0 Å². The normalized spacial score (nSPS) is 10.0. The van der Waals surface area contributed by atoms with Crippen LogP contribution < -0.4 is 15.2 Å².